The standard InChI is InChI=1S/C15H15F4NO2/c1-14(2,3)22-13(21)20-8-4-5-10-6-7-12(16)11(9-10)15(17,18)19/h6-7,9H,8H2,1-3H3,(H,20,21). The number of ether oxygens (including phenoxy) is 1. The number of benzene rings is 1. The Balaban J connectivity index is 2.68. The van der Waals surface area contributed by atoms with Gasteiger partial charge >= 0.3 is 12.3 Å². The minimum Gasteiger partial charge on any atom is -0.444 e. The van der Waals surface area contributed by atoms with Crippen LogP contribution in [0.5, 0.6) is 0 Å². The second-order valence-corrected chi connectivity index (χ2v) is 5.35. The Morgan fingerprint density at radius 1 is 1.27 bits per heavy atom. The van der Waals surface area contributed by atoms with Crippen LogP contribution in [-0.4, -0.2) is 18.2 Å². The molecule has 1 aromatic carbocycles. The van der Waals surface area contributed by atoms with Crippen molar-refractivity contribution in [2.75, 3.05) is 6.54 Å². The minimum absolute atomic E-state index is 0.000265. The van der Waals surface area contributed by atoms with Crippen molar-refractivity contribution in [3.63, 3.8) is 0 Å². The predicted octanol–water partition coefficient (Wildman–Crippen LogP) is 3.72. The molecule has 0 aliphatic carbocycles. The van der Waals surface area contributed by atoms with E-state index in [1.54, 1.807) is 20.8 Å². The summed E-state index contributed by atoms with van der Waals surface area (Å²) in [5.74, 6) is 3.52. The van der Waals surface area contributed by atoms with E-state index in [1.165, 1.54) is 0 Å². The molecule has 3 nitrogen and oxygen atoms in total. The zero-order chi connectivity index (χ0) is 17.0. The topological polar surface area (TPSA) is 38.3 Å². The van der Waals surface area contributed by atoms with Crippen molar-refractivity contribution in [2.45, 2.75) is 32.5 Å². The number of amides is 1. The van der Waals surface area contributed by atoms with Crippen LogP contribution in [0.4, 0.5) is 22.4 Å². The van der Waals surface area contributed by atoms with Crippen LogP contribution in [-0.2, 0) is 10.9 Å². The zero-order valence-corrected chi connectivity index (χ0v) is 12.3. The fraction of sp³-hybridized carbons (Fsp3) is 0.400. The van der Waals surface area contributed by atoms with E-state index in [4.69, 9.17) is 4.74 Å². The molecule has 0 saturated carbocycles. The molecule has 1 rings (SSSR count). The predicted molar refractivity (Wildman–Crippen MR) is 72.5 cm³/mol. The normalized spacial score (nSPS) is 11.4. The van der Waals surface area contributed by atoms with Gasteiger partial charge in [-0.15, -0.1) is 0 Å². The Morgan fingerprint density at radius 2 is 1.91 bits per heavy atom. The van der Waals surface area contributed by atoms with Crippen molar-refractivity contribution in [2.24, 2.45) is 0 Å². The van der Waals surface area contributed by atoms with Crippen molar-refractivity contribution in [1.82, 2.24) is 5.32 Å². The Morgan fingerprint density at radius 3 is 2.45 bits per heavy atom. The molecule has 1 aromatic rings. The second-order valence-electron chi connectivity index (χ2n) is 5.35. The van der Waals surface area contributed by atoms with Crippen LogP contribution in [0.15, 0.2) is 18.2 Å². The third kappa shape index (κ3) is 6.04. The van der Waals surface area contributed by atoms with Crippen LogP contribution in [0, 0.1) is 17.7 Å². The molecule has 0 radical (unpaired) electrons. The van der Waals surface area contributed by atoms with Crippen LogP contribution in [0.3, 0.4) is 0 Å². The summed E-state index contributed by atoms with van der Waals surface area (Å²) < 4.78 is 55.6. The summed E-state index contributed by atoms with van der Waals surface area (Å²) in [6.45, 7) is 4.97. The van der Waals surface area contributed by atoms with Crippen LogP contribution in [0.25, 0.3) is 0 Å². The van der Waals surface area contributed by atoms with Gasteiger partial charge in [0.05, 0.1) is 12.1 Å². The number of halogens is 4. The second kappa shape index (κ2) is 6.69. The highest BCUT2D eigenvalue weighted by molar-refractivity contribution is 5.68. The average molecular weight is 317 g/mol. The van der Waals surface area contributed by atoms with Crippen molar-refractivity contribution in [1.29, 1.82) is 0 Å². The summed E-state index contributed by atoms with van der Waals surface area (Å²) >= 11 is 0. The van der Waals surface area contributed by atoms with Gasteiger partial charge in [0.25, 0.3) is 0 Å². The first-order valence-corrected chi connectivity index (χ1v) is 6.31. The Kier molecular flexibility index (Phi) is 5.42. The Bertz CT molecular complexity index is 607. The number of carbonyl (C=O) groups is 1. The number of hydrogen-bond acceptors (Lipinski definition) is 2. The van der Waals surface area contributed by atoms with E-state index in [-0.39, 0.29) is 12.1 Å². The molecule has 0 saturated heterocycles. The van der Waals surface area contributed by atoms with E-state index >= 15 is 0 Å². The van der Waals surface area contributed by atoms with Gasteiger partial charge in [-0.25, -0.2) is 9.18 Å². The molecule has 0 fully saturated rings. The Hall–Kier alpha value is -2.23. The first kappa shape index (κ1) is 17.8. The lowest BCUT2D eigenvalue weighted by Crippen LogP contribution is -2.32. The monoisotopic (exact) mass is 317 g/mol. The number of nitrogens with one attached hydrogen (secondary N) is 1. The molecule has 0 heterocycles. The van der Waals surface area contributed by atoms with E-state index in [9.17, 15) is 22.4 Å². The lowest BCUT2D eigenvalue weighted by atomic mass is 10.1. The maximum atomic E-state index is 13.1. The van der Waals surface area contributed by atoms with Gasteiger partial charge in [-0.2, -0.15) is 13.2 Å². The number of hydrogen-bond donors (Lipinski definition) is 1. The van der Waals surface area contributed by atoms with E-state index in [1.807, 2.05) is 0 Å². The summed E-state index contributed by atoms with van der Waals surface area (Å²) in [4.78, 5) is 11.3. The van der Waals surface area contributed by atoms with Crippen LogP contribution >= 0.6 is 0 Å². The maximum absolute atomic E-state index is 13.1. The van der Waals surface area contributed by atoms with Gasteiger partial charge < -0.3 is 10.1 Å². The summed E-state index contributed by atoms with van der Waals surface area (Å²) in [5.41, 5.74) is -2.03. The molecule has 0 aliphatic rings. The van der Waals surface area contributed by atoms with E-state index < -0.39 is 29.3 Å². The van der Waals surface area contributed by atoms with Crippen molar-refractivity contribution >= 4 is 6.09 Å². The molecule has 1 amide bonds. The van der Waals surface area contributed by atoms with Crippen LogP contribution in [0.2, 0.25) is 0 Å². The van der Waals surface area contributed by atoms with Crippen molar-refractivity contribution in [3.05, 3.63) is 35.1 Å². The molecule has 120 valence electrons. The molecule has 0 unspecified atom stereocenters. The summed E-state index contributed by atoms with van der Waals surface area (Å²) in [7, 11) is 0. The highest BCUT2D eigenvalue weighted by Gasteiger charge is 2.34. The van der Waals surface area contributed by atoms with Gasteiger partial charge in [0, 0.05) is 5.56 Å². The number of alkyl carbamates (subject to hydrolysis) is 1. The fourth-order valence-electron chi connectivity index (χ4n) is 1.40. The van der Waals surface area contributed by atoms with E-state index in [2.05, 4.69) is 17.2 Å². The molecule has 0 atom stereocenters. The smallest absolute Gasteiger partial charge is 0.419 e. The average Bonchev–Trinajstić information content (AvgIpc) is 2.33. The van der Waals surface area contributed by atoms with Gasteiger partial charge in [-0.3, -0.25) is 0 Å². The van der Waals surface area contributed by atoms with Gasteiger partial charge in [0.2, 0.25) is 0 Å². The largest absolute Gasteiger partial charge is 0.444 e. The number of rotatable bonds is 1. The lowest BCUT2D eigenvalue weighted by Gasteiger charge is -2.19. The Labute approximate surface area is 125 Å². The fourth-order valence-corrected chi connectivity index (χ4v) is 1.40. The molecule has 0 aliphatic heterocycles. The minimum atomic E-state index is -4.78. The molecule has 22 heavy (non-hydrogen) atoms. The van der Waals surface area contributed by atoms with Gasteiger partial charge in [-0.05, 0) is 39.0 Å². The molecule has 1 N–H and O–H groups in total. The van der Waals surface area contributed by atoms with Gasteiger partial charge in [0.15, 0.2) is 0 Å². The molecular formula is C15H15F4NO2. The van der Waals surface area contributed by atoms with Crippen molar-refractivity contribution < 1.29 is 27.1 Å². The summed E-state index contributed by atoms with van der Waals surface area (Å²) in [5, 5.41) is 2.33. The highest BCUT2D eigenvalue weighted by atomic mass is 19.4. The molecule has 0 spiro atoms. The maximum Gasteiger partial charge on any atom is 0.419 e. The first-order chi connectivity index (χ1) is 9.99. The summed E-state index contributed by atoms with van der Waals surface area (Å²) in [6.07, 6.45) is -5.46. The van der Waals surface area contributed by atoms with E-state index in [0.29, 0.717) is 12.1 Å². The third-order valence-electron chi connectivity index (χ3n) is 2.22. The van der Waals surface area contributed by atoms with E-state index in [0.717, 1.165) is 6.07 Å². The van der Waals surface area contributed by atoms with Gasteiger partial charge in [-0.1, -0.05) is 11.8 Å². The van der Waals surface area contributed by atoms with Crippen LogP contribution < -0.4 is 5.32 Å². The van der Waals surface area contributed by atoms with Crippen molar-refractivity contribution in [3.8, 4) is 11.8 Å². The third-order valence-corrected chi connectivity index (χ3v) is 2.22. The first-order valence-electron chi connectivity index (χ1n) is 6.31. The number of alkyl halides is 3. The number of carbonyl (C=O) groups excluding carboxylic acids is 1. The molecule has 0 bridgehead atoms. The molecule has 7 heteroatoms. The highest BCUT2D eigenvalue weighted by Crippen LogP contribution is 2.31. The lowest BCUT2D eigenvalue weighted by molar-refractivity contribution is -0.140. The summed E-state index contributed by atoms with van der Waals surface area (Å²) in [6, 6.07) is 2.45. The quantitative estimate of drug-likeness (QED) is 0.633. The zero-order valence-electron chi connectivity index (χ0n) is 12.3. The SMILES string of the molecule is CC(C)(C)OC(=O)NCC#Cc1ccc(F)c(C(F)(F)F)c1. The molecular weight excluding hydrogens is 302 g/mol. The van der Waals surface area contributed by atoms with Gasteiger partial charge in [0.1, 0.15) is 11.4 Å². The van der Waals surface area contributed by atoms with Crippen LogP contribution in [0.1, 0.15) is 31.9 Å². The molecule has 0 aromatic heterocycles.